The normalized spacial score (nSPS) is 16.8. The van der Waals surface area contributed by atoms with E-state index in [-0.39, 0.29) is 82.0 Å². The number of amides is 15. The highest BCUT2D eigenvalue weighted by atomic mass is 16.4. The number of aliphatic hydroxyl groups excluding tert-OH is 2. The summed E-state index contributed by atoms with van der Waals surface area (Å²) >= 11 is 0. The average molecular weight is 1560 g/mol. The molecule has 1 aromatic carbocycles. The van der Waals surface area contributed by atoms with Crippen LogP contribution >= 0.6 is 0 Å². The largest absolute Gasteiger partial charge is 0.508 e. The van der Waals surface area contributed by atoms with Crippen molar-refractivity contribution in [3.05, 3.63) is 29.8 Å². The van der Waals surface area contributed by atoms with E-state index in [9.17, 15) is 102 Å². The lowest BCUT2D eigenvalue weighted by Gasteiger charge is -2.30. The van der Waals surface area contributed by atoms with E-state index >= 15 is 0 Å². The second kappa shape index (κ2) is 47.7. The first kappa shape index (κ1) is 95.9. The first-order valence-electron chi connectivity index (χ1n) is 36.9. The molecule has 0 unspecified atom stereocenters. The number of phenolic OH excluding ortho intramolecular Hbond substituents is 1. The Bertz CT molecular complexity index is 3340. The van der Waals surface area contributed by atoms with E-state index in [4.69, 9.17) is 22.3 Å². The number of carbonyl (C=O) groups is 17. The van der Waals surface area contributed by atoms with Gasteiger partial charge in [-0.15, -0.1) is 0 Å². The molecule has 0 bridgehead atoms. The quantitative estimate of drug-likeness (QED) is 0.0271. The van der Waals surface area contributed by atoms with Crippen LogP contribution in [0.25, 0.3) is 0 Å². The minimum Gasteiger partial charge on any atom is -0.508 e. The molecule has 1 fully saturated rings. The van der Waals surface area contributed by atoms with E-state index in [0.29, 0.717) is 18.4 Å². The molecule has 2 rings (SSSR count). The summed E-state index contributed by atoms with van der Waals surface area (Å²) < 4.78 is 0. The second-order valence-corrected chi connectivity index (χ2v) is 28.9. The Kier molecular flexibility index (Phi) is 41.6. The highest BCUT2D eigenvalue weighted by Crippen LogP contribution is 2.20. The summed E-state index contributed by atoms with van der Waals surface area (Å²) in [5, 5.41) is 81.7. The number of likely N-dealkylation sites (tertiary alicyclic amines) is 1. The van der Waals surface area contributed by atoms with Crippen LogP contribution in [-0.2, 0) is 87.9 Å². The van der Waals surface area contributed by atoms with Crippen LogP contribution < -0.4 is 86.3 Å². The van der Waals surface area contributed by atoms with Gasteiger partial charge in [-0.05, 0) is 133 Å². The van der Waals surface area contributed by atoms with Crippen molar-refractivity contribution in [3.8, 4) is 5.75 Å². The van der Waals surface area contributed by atoms with Crippen LogP contribution in [-0.4, -0.2) is 248 Å². The Morgan fingerprint density at radius 3 is 1.45 bits per heavy atom. The maximum absolute atomic E-state index is 14.3. The first-order chi connectivity index (χ1) is 51.4. The molecule has 1 saturated heterocycles. The topological polar surface area (TPSA) is 629 Å². The predicted octanol–water partition coefficient (Wildman–Crippen LogP) is -5.24. The number of unbranched alkanes of at least 4 members (excludes halogenated alkanes) is 1. The number of aliphatic hydroxyl groups is 2. The minimum absolute atomic E-state index is 0.00111. The summed E-state index contributed by atoms with van der Waals surface area (Å²) in [6.07, 6.45) is -3.80. The van der Waals surface area contributed by atoms with E-state index in [1.807, 2.05) is 13.8 Å². The van der Waals surface area contributed by atoms with Crippen LogP contribution in [0.5, 0.6) is 5.75 Å². The minimum atomic E-state index is -1.76. The number of nitrogens with one attached hydrogen (secondary N) is 13. The number of rotatable bonds is 49. The summed E-state index contributed by atoms with van der Waals surface area (Å²) in [5.74, 6) is -18.3. The third-order valence-corrected chi connectivity index (χ3v) is 18.0. The predicted molar refractivity (Wildman–Crippen MR) is 396 cm³/mol. The van der Waals surface area contributed by atoms with Gasteiger partial charge in [0.05, 0.1) is 24.8 Å². The average Bonchev–Trinajstić information content (AvgIpc) is 1.49. The number of carboxylic acids is 2. The summed E-state index contributed by atoms with van der Waals surface area (Å²) in [6, 6.07) is -13.2. The maximum Gasteiger partial charge on any atom is 0.322 e. The SMILES string of the molecule is CC[C@H](C)[C@H](NC(=O)[C@H](CC(C)C)NC(=O)[C@H](CCC(N)=O)NC(=O)[C@@H](NC(=O)[C@@H](N)CC(C)C)[C@@H](C)O)C(=O)N[C@H](C(=O)NCC(=O)N1CCC[C@H]1C(=O)N[C@@H](CCCCN)C(=O)N[C@@H](C)C(=O)N[C@H](C(=O)N[C@@H](CCC(=O)O)C(=O)N[C@@H](C)C(=O)N[C@@H](Cc1ccc(O)cc1)C(=O)NCC(=O)O)C(C)C)[C@@H](C)O. The van der Waals surface area contributed by atoms with Gasteiger partial charge in [-0.2, -0.15) is 0 Å². The van der Waals surface area contributed by atoms with Crippen LogP contribution in [0.4, 0.5) is 0 Å². The van der Waals surface area contributed by atoms with Crippen molar-refractivity contribution in [1.29, 1.82) is 0 Å². The Balaban J connectivity index is 2.26. The van der Waals surface area contributed by atoms with Crippen LogP contribution in [0.2, 0.25) is 0 Å². The molecule has 39 nitrogen and oxygen atoms in total. The first-order valence-corrected chi connectivity index (χ1v) is 36.9. The van der Waals surface area contributed by atoms with Crippen molar-refractivity contribution >= 4 is 101 Å². The number of nitrogens with zero attached hydrogens (tertiary/aromatic N) is 1. The van der Waals surface area contributed by atoms with E-state index in [1.54, 1.807) is 27.7 Å². The maximum atomic E-state index is 14.3. The standard InChI is InChI=1S/C71H117N17O22/c1-13-37(8)56(85-66(105)48(30-35(4)5)83-65(104)46(23-25-51(74)92)81-71(110)58(41(12)90)86-61(100)44(73)29-34(2)3)70(109)87-57(40(11)89)68(107)75-32-52(93)88-28-16-18-50(88)67(106)79-45(17-14-15-27-72)63(102)78-39(10)60(99)84-55(36(6)7)69(108)80-47(24-26-53(94)95)64(103)77-38(9)59(98)82-49(62(101)76-33-54(96)97)31-42-19-21-43(91)22-20-42/h19-22,34-41,44-50,55-58,89-91H,13-18,23-33,72-73H2,1-12H3,(H2,74,92)(H,75,107)(H,76,101)(H,77,103)(H,78,102)(H,79,106)(H,80,108)(H,81,110)(H,82,98)(H,83,104)(H,84,99)(H,85,105)(H,86,100)(H,87,109)(H,94,95)(H,96,97)/t37-,38-,39-,40+,41+,44-,45-,46-,47-,48-,49-,50-,55-,56-,57-,58-/m0/s1. The highest BCUT2D eigenvalue weighted by Gasteiger charge is 2.41. The fraction of sp³-hybridized carbons (Fsp3) is 0.676. The highest BCUT2D eigenvalue weighted by molar-refractivity contribution is 6.00. The second-order valence-electron chi connectivity index (χ2n) is 28.9. The molecular formula is C71H117N17O22. The molecule has 1 aliphatic rings. The Labute approximate surface area is 639 Å². The number of carbonyl (C=O) groups excluding carboxylic acids is 15. The van der Waals surface area contributed by atoms with Crippen molar-refractivity contribution in [2.75, 3.05) is 26.2 Å². The van der Waals surface area contributed by atoms with Crippen molar-refractivity contribution in [2.24, 2.45) is 40.9 Å². The van der Waals surface area contributed by atoms with Crippen molar-refractivity contribution in [1.82, 2.24) is 74.0 Å². The number of nitrogens with two attached hydrogens (primary N) is 3. The summed E-state index contributed by atoms with van der Waals surface area (Å²) in [5.41, 5.74) is 17.6. The molecule has 110 heavy (non-hydrogen) atoms. The zero-order valence-electron chi connectivity index (χ0n) is 64.7. The van der Waals surface area contributed by atoms with E-state index in [0.717, 1.165) is 4.90 Å². The van der Waals surface area contributed by atoms with Crippen molar-refractivity contribution in [3.63, 3.8) is 0 Å². The Morgan fingerprint density at radius 1 is 0.482 bits per heavy atom. The molecule has 1 aromatic rings. The fourth-order valence-electron chi connectivity index (χ4n) is 11.4. The molecule has 0 saturated carbocycles. The van der Waals surface area contributed by atoms with Crippen molar-refractivity contribution < 1.29 is 107 Å². The van der Waals surface area contributed by atoms with Gasteiger partial charge < -0.3 is 117 Å². The number of carboxylic acid groups (broad SMARTS) is 2. The van der Waals surface area contributed by atoms with Gasteiger partial charge in [0.2, 0.25) is 88.6 Å². The smallest absolute Gasteiger partial charge is 0.322 e. The van der Waals surface area contributed by atoms with Gasteiger partial charge in [0.1, 0.15) is 84.8 Å². The number of hydrogen-bond donors (Lipinski definition) is 21. The Hall–Kier alpha value is -10.2. The van der Waals surface area contributed by atoms with Crippen LogP contribution in [0.1, 0.15) is 166 Å². The van der Waals surface area contributed by atoms with Crippen molar-refractivity contribution in [2.45, 2.75) is 257 Å². The molecule has 39 heteroatoms. The number of benzene rings is 1. The third kappa shape index (κ3) is 33.8. The molecule has 1 aliphatic heterocycles. The summed E-state index contributed by atoms with van der Waals surface area (Å²) in [4.78, 5) is 229. The fourth-order valence-corrected chi connectivity index (χ4v) is 11.4. The van der Waals surface area contributed by atoms with E-state index < -0.39 is 235 Å². The molecule has 0 aromatic heterocycles. The molecular weight excluding hydrogens is 1440 g/mol. The van der Waals surface area contributed by atoms with Gasteiger partial charge in [0.15, 0.2) is 0 Å². The lowest BCUT2D eigenvalue weighted by molar-refractivity contribution is -0.140. The monoisotopic (exact) mass is 1560 g/mol. The van der Waals surface area contributed by atoms with Gasteiger partial charge in [0.25, 0.3) is 0 Å². The van der Waals surface area contributed by atoms with E-state index in [1.165, 1.54) is 65.8 Å². The molecule has 16 atom stereocenters. The lowest BCUT2D eigenvalue weighted by Crippen LogP contribution is -2.62. The molecule has 1 heterocycles. The zero-order valence-corrected chi connectivity index (χ0v) is 64.7. The van der Waals surface area contributed by atoms with Crippen LogP contribution in [0.3, 0.4) is 0 Å². The molecule has 0 aliphatic carbocycles. The lowest BCUT2D eigenvalue weighted by atomic mass is 9.96. The van der Waals surface area contributed by atoms with Gasteiger partial charge in [-0.25, -0.2) is 0 Å². The molecule has 15 amide bonds. The van der Waals surface area contributed by atoms with Gasteiger partial charge >= 0.3 is 11.9 Å². The summed E-state index contributed by atoms with van der Waals surface area (Å²) in [7, 11) is 0. The van der Waals surface area contributed by atoms with Crippen LogP contribution in [0.15, 0.2) is 24.3 Å². The number of hydrogen-bond acceptors (Lipinski definition) is 22. The number of aliphatic carboxylic acids is 2. The molecule has 0 radical (unpaired) electrons. The van der Waals surface area contributed by atoms with Gasteiger partial charge in [-0.1, -0.05) is 73.9 Å². The van der Waals surface area contributed by atoms with E-state index in [2.05, 4.69) is 69.1 Å². The number of phenols is 1. The number of primary amides is 1. The summed E-state index contributed by atoms with van der Waals surface area (Å²) in [6.45, 7) is 17.0. The number of aromatic hydroxyl groups is 1. The molecule has 24 N–H and O–H groups in total. The Morgan fingerprint density at radius 2 is 0.936 bits per heavy atom. The third-order valence-electron chi connectivity index (χ3n) is 18.0. The zero-order chi connectivity index (χ0) is 83.6. The van der Waals surface area contributed by atoms with Gasteiger partial charge in [0, 0.05) is 25.8 Å². The molecule has 0 spiro atoms. The van der Waals surface area contributed by atoms with Gasteiger partial charge in [-0.3, -0.25) is 81.5 Å². The van der Waals surface area contributed by atoms with Crippen LogP contribution in [0, 0.1) is 23.7 Å². The molecule has 618 valence electrons.